The first kappa shape index (κ1) is 23.0. The fraction of sp³-hybridized carbons (Fsp3) is 0.846. The van der Waals surface area contributed by atoms with Crippen LogP contribution >= 0.6 is 21.6 Å². The first-order valence-corrected chi connectivity index (χ1v) is 9.14. The van der Waals surface area contributed by atoms with Crippen LogP contribution in [-0.2, 0) is 19.1 Å². The zero-order valence-electron chi connectivity index (χ0n) is 13.3. The van der Waals surface area contributed by atoms with Gasteiger partial charge in [0, 0.05) is 44.8 Å². The second-order valence-electron chi connectivity index (χ2n) is 4.21. The van der Waals surface area contributed by atoms with Gasteiger partial charge in [0.05, 0.1) is 6.61 Å². The van der Waals surface area contributed by atoms with E-state index in [1.54, 1.807) is 7.11 Å². The third-order valence-corrected chi connectivity index (χ3v) is 4.90. The topological polar surface area (TPSA) is 59.1 Å². The molecule has 0 N–H and O–H groups in total. The van der Waals surface area contributed by atoms with Crippen LogP contribution in [0.2, 0.25) is 0 Å². The Labute approximate surface area is 136 Å². The van der Waals surface area contributed by atoms with Gasteiger partial charge in [0.15, 0.2) is 0 Å². The van der Waals surface area contributed by atoms with Crippen molar-refractivity contribution in [2.24, 2.45) is 0 Å². The van der Waals surface area contributed by atoms with E-state index < -0.39 is 0 Å². The molecule has 0 fully saturated rings. The number of hydrogen-bond acceptors (Lipinski definition) is 8. The van der Waals surface area contributed by atoms with Gasteiger partial charge in [0.1, 0.15) is 13.4 Å². The summed E-state index contributed by atoms with van der Waals surface area (Å²) in [4.78, 5) is 22.4. The Kier molecular flexibility index (Phi) is 21.6. The second-order valence-corrected chi connectivity index (χ2v) is 6.91. The average Bonchev–Trinajstić information content (AvgIpc) is 2.51. The van der Waals surface area contributed by atoms with Crippen LogP contribution in [-0.4, -0.2) is 95.2 Å². The maximum absolute atomic E-state index is 9.98. The molecule has 0 aromatic carbocycles. The number of hydrogen-bond donors (Lipinski definition) is 0. The molecule has 0 aromatic rings. The van der Waals surface area contributed by atoms with Gasteiger partial charge in [-0.1, -0.05) is 21.6 Å². The van der Waals surface area contributed by atoms with E-state index >= 15 is 0 Å². The second kappa shape index (κ2) is 19.7. The van der Waals surface area contributed by atoms with Crippen molar-refractivity contribution in [2.75, 3.05) is 72.1 Å². The minimum absolute atomic E-state index is 0.474. The van der Waals surface area contributed by atoms with Crippen LogP contribution in [0, 0.1) is 0 Å². The molecule has 8 heteroatoms. The SMILES string of the molecule is C=O.COCCN(C)CCSSCCN(C)CCOC=O. The molecule has 0 saturated heterocycles. The number of carbonyl (C=O) groups excluding carboxylic acids is 2. The van der Waals surface area contributed by atoms with Gasteiger partial charge in [-0.25, -0.2) is 0 Å². The Bertz CT molecular complexity index is 226. The highest BCUT2D eigenvalue weighted by Gasteiger charge is 2.00. The molecule has 0 atom stereocenters. The molecule has 126 valence electrons. The molecule has 0 spiro atoms. The van der Waals surface area contributed by atoms with Gasteiger partial charge in [-0.15, -0.1) is 0 Å². The predicted octanol–water partition coefficient (Wildman–Crippen LogP) is 0.866. The first-order valence-electron chi connectivity index (χ1n) is 6.65. The molecule has 0 aliphatic heterocycles. The summed E-state index contributed by atoms with van der Waals surface area (Å²) in [5.74, 6) is 2.22. The summed E-state index contributed by atoms with van der Waals surface area (Å²) in [6.07, 6.45) is 0. The standard InChI is InChI=1S/C12H26N2O3S2.CH2O/c1-13(4-8-16-3)6-10-18-19-11-7-14(2)5-9-17-12-15;1-2/h12H,4-11H2,1-3H3;1H2. The van der Waals surface area contributed by atoms with Crippen LogP contribution in [0.1, 0.15) is 0 Å². The monoisotopic (exact) mass is 340 g/mol. The van der Waals surface area contributed by atoms with Crippen molar-refractivity contribution in [1.82, 2.24) is 9.80 Å². The third kappa shape index (κ3) is 19.7. The summed E-state index contributed by atoms with van der Waals surface area (Å²) in [7, 11) is 9.69. The van der Waals surface area contributed by atoms with Crippen molar-refractivity contribution in [3.8, 4) is 0 Å². The number of likely N-dealkylation sites (N-methyl/N-ethyl adjacent to an activating group) is 2. The lowest BCUT2D eigenvalue weighted by Crippen LogP contribution is -2.25. The quantitative estimate of drug-likeness (QED) is 0.262. The molecule has 0 bridgehead atoms. The van der Waals surface area contributed by atoms with Crippen molar-refractivity contribution in [2.45, 2.75) is 0 Å². The highest BCUT2D eigenvalue weighted by molar-refractivity contribution is 8.76. The maximum atomic E-state index is 9.98. The molecule has 6 nitrogen and oxygen atoms in total. The summed E-state index contributed by atoms with van der Waals surface area (Å²) in [6.45, 7) is 7.65. The summed E-state index contributed by atoms with van der Waals surface area (Å²) in [5, 5.41) is 0. The number of carbonyl (C=O) groups is 2. The van der Waals surface area contributed by atoms with E-state index in [9.17, 15) is 4.79 Å². The highest BCUT2D eigenvalue weighted by Crippen LogP contribution is 2.20. The minimum Gasteiger partial charge on any atom is -0.467 e. The van der Waals surface area contributed by atoms with Gasteiger partial charge >= 0.3 is 0 Å². The molecule has 0 saturated carbocycles. The number of ether oxygens (including phenoxy) is 2. The lowest BCUT2D eigenvalue weighted by Gasteiger charge is -2.16. The van der Waals surface area contributed by atoms with Crippen molar-refractivity contribution in [3.05, 3.63) is 0 Å². The molecule has 0 unspecified atom stereocenters. The molecule has 21 heavy (non-hydrogen) atoms. The van der Waals surface area contributed by atoms with Crippen molar-refractivity contribution in [1.29, 1.82) is 0 Å². The normalized spacial score (nSPS) is 10.3. The zero-order chi connectivity index (χ0) is 16.3. The highest BCUT2D eigenvalue weighted by atomic mass is 33.1. The molecular weight excluding hydrogens is 312 g/mol. The zero-order valence-corrected chi connectivity index (χ0v) is 14.9. The first-order chi connectivity index (χ1) is 10.2. The third-order valence-electron chi connectivity index (χ3n) is 2.53. The Hall–Kier alpha value is -0.280. The van der Waals surface area contributed by atoms with Crippen LogP contribution in [0.25, 0.3) is 0 Å². The minimum atomic E-state index is 0.474. The number of rotatable bonds is 14. The van der Waals surface area contributed by atoms with E-state index in [2.05, 4.69) is 21.6 Å². The summed E-state index contributed by atoms with van der Waals surface area (Å²) in [6, 6.07) is 0. The predicted molar refractivity (Wildman–Crippen MR) is 90.9 cm³/mol. The van der Waals surface area contributed by atoms with E-state index in [0.717, 1.165) is 44.3 Å². The fourth-order valence-electron chi connectivity index (χ4n) is 1.23. The van der Waals surface area contributed by atoms with Crippen LogP contribution in [0.5, 0.6) is 0 Å². The van der Waals surface area contributed by atoms with E-state index in [1.165, 1.54) is 0 Å². The molecule has 0 aliphatic rings. The Morgan fingerprint density at radius 1 is 0.952 bits per heavy atom. The van der Waals surface area contributed by atoms with Crippen molar-refractivity contribution < 1.29 is 19.1 Å². The Morgan fingerprint density at radius 2 is 1.43 bits per heavy atom. The Balaban J connectivity index is 0. The summed E-state index contributed by atoms with van der Waals surface area (Å²) >= 11 is 0. The van der Waals surface area contributed by atoms with Gasteiger partial charge in [-0.2, -0.15) is 0 Å². The number of nitrogens with zero attached hydrogens (tertiary/aromatic N) is 2. The van der Waals surface area contributed by atoms with E-state index in [1.807, 2.05) is 35.4 Å². The maximum Gasteiger partial charge on any atom is 0.293 e. The molecule has 0 amide bonds. The van der Waals surface area contributed by atoms with Gasteiger partial charge in [0.25, 0.3) is 6.47 Å². The molecule has 0 heterocycles. The van der Waals surface area contributed by atoms with Crippen LogP contribution in [0.4, 0.5) is 0 Å². The van der Waals surface area contributed by atoms with E-state index in [4.69, 9.17) is 9.53 Å². The Morgan fingerprint density at radius 3 is 1.86 bits per heavy atom. The molecule has 0 radical (unpaired) electrons. The lowest BCUT2D eigenvalue weighted by molar-refractivity contribution is -0.129. The van der Waals surface area contributed by atoms with Crippen LogP contribution in [0.15, 0.2) is 0 Å². The van der Waals surface area contributed by atoms with Crippen molar-refractivity contribution >= 4 is 34.8 Å². The molecule has 0 rings (SSSR count). The fourth-order valence-corrected chi connectivity index (χ4v) is 3.39. The van der Waals surface area contributed by atoms with Crippen LogP contribution < -0.4 is 0 Å². The van der Waals surface area contributed by atoms with Gasteiger partial charge in [0.2, 0.25) is 0 Å². The molecule has 0 aromatic heterocycles. The lowest BCUT2D eigenvalue weighted by atomic mass is 10.5. The van der Waals surface area contributed by atoms with Gasteiger partial charge in [-0.3, -0.25) is 4.79 Å². The van der Waals surface area contributed by atoms with E-state index in [0.29, 0.717) is 13.1 Å². The van der Waals surface area contributed by atoms with E-state index in [-0.39, 0.29) is 0 Å². The van der Waals surface area contributed by atoms with Gasteiger partial charge in [-0.05, 0) is 14.1 Å². The van der Waals surface area contributed by atoms with Crippen molar-refractivity contribution in [3.63, 3.8) is 0 Å². The largest absolute Gasteiger partial charge is 0.467 e. The summed E-state index contributed by atoms with van der Waals surface area (Å²) in [5.41, 5.74) is 0. The smallest absolute Gasteiger partial charge is 0.293 e. The van der Waals surface area contributed by atoms with Gasteiger partial charge < -0.3 is 24.1 Å². The number of methoxy groups -OCH3 is 1. The average molecular weight is 341 g/mol. The molecular formula is C13H28N2O4S2. The molecule has 0 aliphatic carbocycles. The van der Waals surface area contributed by atoms with Crippen LogP contribution in [0.3, 0.4) is 0 Å². The summed E-state index contributed by atoms with van der Waals surface area (Å²) < 4.78 is 9.69.